The molecule has 0 aromatic carbocycles. The van der Waals surface area contributed by atoms with E-state index in [0.29, 0.717) is 12.8 Å². The predicted octanol–water partition coefficient (Wildman–Crippen LogP) is 0.196. The fourth-order valence-corrected chi connectivity index (χ4v) is 3.25. The van der Waals surface area contributed by atoms with Gasteiger partial charge in [-0.1, -0.05) is 6.42 Å². The van der Waals surface area contributed by atoms with Gasteiger partial charge in [-0.25, -0.2) is 0 Å². The van der Waals surface area contributed by atoms with Crippen molar-refractivity contribution in [1.29, 1.82) is 0 Å². The van der Waals surface area contributed by atoms with Gasteiger partial charge in [-0.3, -0.25) is 0 Å². The Balaban J connectivity index is 2.68. The summed E-state index contributed by atoms with van der Waals surface area (Å²) in [5, 5.41) is 0. The van der Waals surface area contributed by atoms with Crippen LogP contribution in [0.3, 0.4) is 0 Å². The molecule has 5 nitrogen and oxygen atoms in total. The third-order valence-corrected chi connectivity index (χ3v) is 4.22. The molecule has 1 aliphatic heterocycles. The fraction of sp³-hybridized carbons (Fsp3) is 1.00. The molecule has 9 heteroatoms. The van der Waals surface area contributed by atoms with E-state index in [2.05, 4.69) is 0 Å². The molecule has 0 aliphatic carbocycles. The van der Waals surface area contributed by atoms with Crippen LogP contribution >= 0.6 is 0 Å². The monoisotopic (exact) mass is 275 g/mol. The maximum atomic E-state index is 12.0. The lowest BCUT2D eigenvalue weighted by atomic mass is 10.1. The van der Waals surface area contributed by atoms with Gasteiger partial charge in [0.1, 0.15) is 6.54 Å². The molecular formula is C8H16F3N3O2S. The van der Waals surface area contributed by atoms with Crippen LogP contribution in [0.15, 0.2) is 0 Å². The number of hydrogen-bond acceptors (Lipinski definition) is 3. The summed E-state index contributed by atoms with van der Waals surface area (Å²) in [6.45, 7) is -1.22. The number of hydrogen-bond donors (Lipinski definition) is 2. The van der Waals surface area contributed by atoms with Crippen molar-refractivity contribution >= 4 is 10.2 Å². The molecule has 102 valence electrons. The molecule has 0 spiro atoms. The molecule has 1 atom stereocenters. The van der Waals surface area contributed by atoms with Crippen molar-refractivity contribution in [2.24, 2.45) is 5.73 Å². The molecule has 0 aromatic rings. The van der Waals surface area contributed by atoms with Crippen molar-refractivity contribution < 1.29 is 21.6 Å². The van der Waals surface area contributed by atoms with Gasteiger partial charge < -0.3 is 5.73 Å². The van der Waals surface area contributed by atoms with Gasteiger partial charge in [-0.2, -0.15) is 30.6 Å². The zero-order chi connectivity index (χ0) is 13.1. The van der Waals surface area contributed by atoms with E-state index < -0.39 is 29.0 Å². The first-order valence-corrected chi connectivity index (χ1v) is 6.73. The van der Waals surface area contributed by atoms with Crippen molar-refractivity contribution in [1.82, 2.24) is 9.03 Å². The largest absolute Gasteiger partial charge is 0.402 e. The molecule has 0 aromatic heterocycles. The van der Waals surface area contributed by atoms with Gasteiger partial charge in [-0.15, -0.1) is 0 Å². The summed E-state index contributed by atoms with van der Waals surface area (Å²) >= 11 is 0. The van der Waals surface area contributed by atoms with Gasteiger partial charge in [0.15, 0.2) is 0 Å². The summed E-state index contributed by atoms with van der Waals surface area (Å²) in [5.74, 6) is 0. The first-order valence-electron chi connectivity index (χ1n) is 5.29. The van der Waals surface area contributed by atoms with Crippen LogP contribution in [0.2, 0.25) is 0 Å². The molecular weight excluding hydrogens is 259 g/mol. The Labute approximate surface area is 98.3 Å². The van der Waals surface area contributed by atoms with Gasteiger partial charge in [-0.05, 0) is 12.8 Å². The van der Waals surface area contributed by atoms with Gasteiger partial charge in [0.25, 0.3) is 10.2 Å². The van der Waals surface area contributed by atoms with Crippen LogP contribution in [0.1, 0.15) is 19.3 Å². The Kier molecular flexibility index (Phi) is 4.76. The quantitative estimate of drug-likeness (QED) is 0.769. The van der Waals surface area contributed by atoms with Crippen molar-refractivity contribution in [3.63, 3.8) is 0 Å². The molecule has 17 heavy (non-hydrogen) atoms. The van der Waals surface area contributed by atoms with E-state index in [1.165, 1.54) is 0 Å². The molecule has 1 rings (SSSR count). The number of nitrogens with two attached hydrogens (primary N) is 1. The van der Waals surface area contributed by atoms with Gasteiger partial charge >= 0.3 is 6.18 Å². The van der Waals surface area contributed by atoms with E-state index in [1.807, 2.05) is 0 Å². The average Bonchev–Trinajstić information content (AvgIpc) is 2.26. The molecule has 1 saturated heterocycles. The van der Waals surface area contributed by atoms with Gasteiger partial charge in [0, 0.05) is 19.1 Å². The summed E-state index contributed by atoms with van der Waals surface area (Å²) in [5.41, 5.74) is 5.42. The second-order valence-corrected chi connectivity index (χ2v) is 5.65. The number of alkyl halides is 3. The van der Waals surface area contributed by atoms with E-state index in [4.69, 9.17) is 5.73 Å². The first-order chi connectivity index (χ1) is 7.76. The lowest BCUT2D eigenvalue weighted by Crippen LogP contribution is -2.52. The Hall–Kier alpha value is -0.380. The lowest BCUT2D eigenvalue weighted by Gasteiger charge is -2.33. The minimum atomic E-state index is -4.55. The smallest absolute Gasteiger partial charge is 0.329 e. The zero-order valence-electron chi connectivity index (χ0n) is 9.20. The molecule has 1 fully saturated rings. The first kappa shape index (κ1) is 14.7. The summed E-state index contributed by atoms with van der Waals surface area (Å²) in [6, 6.07) is -0.408. The molecule has 1 aliphatic rings. The van der Waals surface area contributed by atoms with Crippen LogP contribution in [0.25, 0.3) is 0 Å². The standard InChI is InChI=1S/C8H16F3N3O2S/c9-8(10,11)6-13-17(15,16)14-4-2-1-3-7(14)5-12/h7,13H,1-6,12H2. The number of piperidine rings is 1. The molecule has 0 radical (unpaired) electrons. The number of halogens is 3. The third kappa shape index (κ3) is 4.41. The summed E-state index contributed by atoms with van der Waals surface area (Å²) in [4.78, 5) is 0. The molecule has 0 saturated carbocycles. The second kappa shape index (κ2) is 5.51. The van der Waals surface area contributed by atoms with Crippen LogP contribution in [-0.2, 0) is 10.2 Å². The molecule has 0 bridgehead atoms. The Morgan fingerprint density at radius 1 is 1.35 bits per heavy atom. The van der Waals surface area contributed by atoms with Gasteiger partial charge in [0.2, 0.25) is 0 Å². The third-order valence-electron chi connectivity index (χ3n) is 2.61. The normalized spacial score (nSPS) is 23.9. The van der Waals surface area contributed by atoms with Crippen molar-refractivity contribution in [3.8, 4) is 0 Å². The average molecular weight is 275 g/mol. The minimum Gasteiger partial charge on any atom is -0.329 e. The van der Waals surface area contributed by atoms with Crippen molar-refractivity contribution in [3.05, 3.63) is 0 Å². The summed E-state index contributed by atoms with van der Waals surface area (Å²) in [7, 11) is -4.09. The minimum absolute atomic E-state index is 0.118. The lowest BCUT2D eigenvalue weighted by molar-refractivity contribution is -0.121. The second-order valence-electron chi connectivity index (χ2n) is 3.94. The molecule has 0 amide bonds. The fourth-order valence-electron chi connectivity index (χ4n) is 1.78. The Morgan fingerprint density at radius 3 is 2.53 bits per heavy atom. The maximum Gasteiger partial charge on any atom is 0.402 e. The maximum absolute atomic E-state index is 12.0. The number of nitrogens with one attached hydrogen (secondary N) is 1. The number of rotatable bonds is 4. The van der Waals surface area contributed by atoms with Crippen LogP contribution in [0.5, 0.6) is 0 Å². The SMILES string of the molecule is NCC1CCCCN1S(=O)(=O)NCC(F)(F)F. The predicted molar refractivity (Wildman–Crippen MR) is 56.4 cm³/mol. The van der Waals surface area contributed by atoms with Crippen LogP contribution in [0.4, 0.5) is 13.2 Å². The summed E-state index contributed by atoms with van der Waals surface area (Å²) < 4.78 is 61.8. The van der Waals surface area contributed by atoms with Crippen LogP contribution in [0, 0.1) is 0 Å². The van der Waals surface area contributed by atoms with Crippen molar-refractivity contribution in [2.45, 2.75) is 31.5 Å². The topological polar surface area (TPSA) is 75.4 Å². The highest BCUT2D eigenvalue weighted by atomic mass is 32.2. The van der Waals surface area contributed by atoms with Crippen LogP contribution < -0.4 is 10.5 Å². The number of nitrogens with zero attached hydrogens (tertiary/aromatic N) is 1. The Bertz CT molecular complexity index is 344. The zero-order valence-corrected chi connectivity index (χ0v) is 10.0. The van der Waals surface area contributed by atoms with Gasteiger partial charge in [0.05, 0.1) is 0 Å². The highest BCUT2D eigenvalue weighted by Gasteiger charge is 2.35. The van der Waals surface area contributed by atoms with E-state index in [1.54, 1.807) is 4.72 Å². The molecule has 3 N–H and O–H groups in total. The Morgan fingerprint density at radius 2 is 2.00 bits per heavy atom. The van der Waals surface area contributed by atoms with E-state index in [9.17, 15) is 21.6 Å². The highest BCUT2D eigenvalue weighted by molar-refractivity contribution is 7.87. The highest BCUT2D eigenvalue weighted by Crippen LogP contribution is 2.20. The molecule has 1 unspecified atom stereocenters. The van der Waals surface area contributed by atoms with E-state index in [-0.39, 0.29) is 13.1 Å². The molecule has 1 heterocycles. The van der Waals surface area contributed by atoms with Crippen molar-refractivity contribution in [2.75, 3.05) is 19.6 Å². The summed E-state index contributed by atoms with van der Waals surface area (Å²) in [6.07, 6.45) is -2.49. The van der Waals surface area contributed by atoms with Crippen LogP contribution in [-0.4, -0.2) is 44.6 Å². The van der Waals surface area contributed by atoms with E-state index in [0.717, 1.165) is 10.7 Å². The van der Waals surface area contributed by atoms with E-state index >= 15 is 0 Å².